The Morgan fingerprint density at radius 2 is 2.16 bits per heavy atom. The lowest BCUT2D eigenvalue weighted by molar-refractivity contribution is -0.141. The minimum absolute atomic E-state index is 0.138. The fraction of sp³-hybridized carbons (Fsp3) is 0.429. The summed E-state index contributed by atoms with van der Waals surface area (Å²) in [6.07, 6.45) is 0.485. The number of hydrogen-bond acceptors (Lipinski definition) is 3. The Balaban J connectivity index is 2.62. The van der Waals surface area contributed by atoms with Crippen molar-refractivity contribution < 1.29 is 19.4 Å². The standard InChI is InChI=1S/C14H19NO4/c1-3-11(14(17)18)8-15-13(16)12-6-4-5-10(7-12)9-19-2/h4-7,11H,3,8-9H2,1-2H3,(H,15,16)(H,17,18). The molecule has 0 aliphatic rings. The summed E-state index contributed by atoms with van der Waals surface area (Å²) in [7, 11) is 1.59. The monoisotopic (exact) mass is 265 g/mol. The molecule has 0 spiro atoms. The first-order valence-corrected chi connectivity index (χ1v) is 6.17. The molecule has 1 aromatic carbocycles. The van der Waals surface area contributed by atoms with E-state index < -0.39 is 11.9 Å². The van der Waals surface area contributed by atoms with Gasteiger partial charge in [-0.1, -0.05) is 19.1 Å². The third-order valence-corrected chi connectivity index (χ3v) is 2.85. The topological polar surface area (TPSA) is 75.6 Å². The number of amides is 1. The number of aliphatic carboxylic acids is 1. The third-order valence-electron chi connectivity index (χ3n) is 2.85. The van der Waals surface area contributed by atoms with Crippen LogP contribution in [-0.4, -0.2) is 30.6 Å². The Labute approximate surface area is 112 Å². The van der Waals surface area contributed by atoms with Crippen LogP contribution in [0.4, 0.5) is 0 Å². The van der Waals surface area contributed by atoms with Crippen LogP contribution in [0.2, 0.25) is 0 Å². The van der Waals surface area contributed by atoms with Crippen LogP contribution in [0, 0.1) is 5.92 Å². The SMILES string of the molecule is CCC(CNC(=O)c1cccc(COC)c1)C(=O)O. The molecule has 1 amide bonds. The second-order valence-corrected chi connectivity index (χ2v) is 4.29. The van der Waals surface area contributed by atoms with Crippen LogP contribution < -0.4 is 5.32 Å². The summed E-state index contributed by atoms with van der Waals surface area (Å²) >= 11 is 0. The minimum Gasteiger partial charge on any atom is -0.481 e. The van der Waals surface area contributed by atoms with E-state index in [1.54, 1.807) is 32.2 Å². The van der Waals surface area contributed by atoms with Crippen molar-refractivity contribution >= 4 is 11.9 Å². The Bertz CT molecular complexity index is 445. The Kier molecular flexibility index (Phi) is 6.02. The van der Waals surface area contributed by atoms with Crippen LogP contribution in [0.1, 0.15) is 29.3 Å². The smallest absolute Gasteiger partial charge is 0.308 e. The molecule has 0 saturated heterocycles. The number of benzene rings is 1. The molecule has 5 heteroatoms. The van der Waals surface area contributed by atoms with Gasteiger partial charge in [0.1, 0.15) is 0 Å². The molecule has 0 saturated carbocycles. The van der Waals surface area contributed by atoms with Crippen molar-refractivity contribution in [2.45, 2.75) is 20.0 Å². The average Bonchev–Trinajstić information content (AvgIpc) is 2.39. The summed E-state index contributed by atoms with van der Waals surface area (Å²) in [6, 6.07) is 7.07. The number of carboxylic acid groups (broad SMARTS) is 1. The van der Waals surface area contributed by atoms with E-state index in [2.05, 4.69) is 5.32 Å². The largest absolute Gasteiger partial charge is 0.481 e. The quantitative estimate of drug-likeness (QED) is 0.786. The van der Waals surface area contributed by atoms with Crippen molar-refractivity contribution in [1.82, 2.24) is 5.32 Å². The Hall–Kier alpha value is -1.88. The molecule has 1 unspecified atom stereocenters. The fourth-order valence-electron chi connectivity index (χ4n) is 1.69. The molecule has 1 aromatic rings. The van der Waals surface area contributed by atoms with E-state index in [1.165, 1.54) is 0 Å². The van der Waals surface area contributed by atoms with Gasteiger partial charge in [0.15, 0.2) is 0 Å². The second kappa shape index (κ2) is 7.53. The molecular weight excluding hydrogens is 246 g/mol. The van der Waals surface area contributed by atoms with Crippen LogP contribution in [0.25, 0.3) is 0 Å². The van der Waals surface area contributed by atoms with Gasteiger partial charge in [0.2, 0.25) is 0 Å². The van der Waals surface area contributed by atoms with Crippen molar-refractivity contribution in [3.63, 3.8) is 0 Å². The predicted molar refractivity (Wildman–Crippen MR) is 70.9 cm³/mol. The van der Waals surface area contributed by atoms with Crippen molar-refractivity contribution in [3.8, 4) is 0 Å². The van der Waals surface area contributed by atoms with Crippen LogP contribution >= 0.6 is 0 Å². The molecule has 0 aliphatic carbocycles. The molecule has 5 nitrogen and oxygen atoms in total. The first kappa shape index (κ1) is 15.2. The normalized spacial score (nSPS) is 11.9. The summed E-state index contributed by atoms with van der Waals surface area (Å²) in [5, 5.41) is 11.5. The maximum Gasteiger partial charge on any atom is 0.308 e. The number of ether oxygens (including phenoxy) is 1. The molecule has 0 radical (unpaired) electrons. The number of carbonyl (C=O) groups excluding carboxylic acids is 1. The summed E-state index contributed by atoms with van der Waals surface area (Å²) < 4.78 is 5.00. The highest BCUT2D eigenvalue weighted by Crippen LogP contribution is 2.07. The van der Waals surface area contributed by atoms with Gasteiger partial charge < -0.3 is 15.2 Å². The van der Waals surface area contributed by atoms with Crippen LogP contribution in [0.3, 0.4) is 0 Å². The van der Waals surface area contributed by atoms with E-state index >= 15 is 0 Å². The zero-order chi connectivity index (χ0) is 14.3. The number of carboxylic acids is 1. The zero-order valence-corrected chi connectivity index (χ0v) is 11.2. The first-order chi connectivity index (χ1) is 9.08. The first-order valence-electron chi connectivity index (χ1n) is 6.17. The number of rotatable bonds is 7. The van der Waals surface area contributed by atoms with E-state index in [9.17, 15) is 9.59 Å². The molecule has 1 atom stereocenters. The Morgan fingerprint density at radius 1 is 1.42 bits per heavy atom. The summed E-state index contributed by atoms with van der Waals surface area (Å²) in [6.45, 7) is 2.36. The summed E-state index contributed by atoms with van der Waals surface area (Å²) in [5.74, 6) is -1.71. The fourth-order valence-corrected chi connectivity index (χ4v) is 1.69. The van der Waals surface area contributed by atoms with Gasteiger partial charge in [-0.15, -0.1) is 0 Å². The van der Waals surface area contributed by atoms with E-state index in [1.807, 2.05) is 6.07 Å². The number of hydrogen-bond donors (Lipinski definition) is 2. The maximum absolute atomic E-state index is 11.9. The number of nitrogens with one attached hydrogen (secondary N) is 1. The van der Waals surface area contributed by atoms with Gasteiger partial charge in [0, 0.05) is 19.2 Å². The number of carbonyl (C=O) groups is 2. The molecule has 104 valence electrons. The molecule has 0 fully saturated rings. The van der Waals surface area contributed by atoms with Crippen LogP contribution in [0.5, 0.6) is 0 Å². The zero-order valence-electron chi connectivity index (χ0n) is 11.2. The van der Waals surface area contributed by atoms with E-state index in [4.69, 9.17) is 9.84 Å². The molecule has 19 heavy (non-hydrogen) atoms. The molecule has 0 heterocycles. The van der Waals surface area contributed by atoms with E-state index in [0.29, 0.717) is 18.6 Å². The van der Waals surface area contributed by atoms with Gasteiger partial charge in [-0.2, -0.15) is 0 Å². The molecule has 2 N–H and O–H groups in total. The van der Waals surface area contributed by atoms with Gasteiger partial charge in [0.05, 0.1) is 12.5 Å². The van der Waals surface area contributed by atoms with E-state index in [0.717, 1.165) is 5.56 Å². The van der Waals surface area contributed by atoms with Crippen molar-refractivity contribution in [2.75, 3.05) is 13.7 Å². The van der Waals surface area contributed by atoms with Crippen molar-refractivity contribution in [3.05, 3.63) is 35.4 Å². The molecule has 0 bridgehead atoms. The van der Waals surface area contributed by atoms with Gasteiger partial charge in [-0.05, 0) is 24.1 Å². The van der Waals surface area contributed by atoms with Gasteiger partial charge in [-0.3, -0.25) is 9.59 Å². The van der Waals surface area contributed by atoms with Gasteiger partial charge in [-0.25, -0.2) is 0 Å². The highest BCUT2D eigenvalue weighted by atomic mass is 16.5. The van der Waals surface area contributed by atoms with Crippen LogP contribution in [-0.2, 0) is 16.1 Å². The van der Waals surface area contributed by atoms with E-state index in [-0.39, 0.29) is 12.5 Å². The second-order valence-electron chi connectivity index (χ2n) is 4.29. The molecule has 0 aliphatic heterocycles. The molecule has 0 aromatic heterocycles. The third kappa shape index (κ3) is 4.71. The van der Waals surface area contributed by atoms with Crippen molar-refractivity contribution in [2.24, 2.45) is 5.92 Å². The Morgan fingerprint density at radius 3 is 2.74 bits per heavy atom. The van der Waals surface area contributed by atoms with Gasteiger partial charge in [0.25, 0.3) is 5.91 Å². The minimum atomic E-state index is -0.893. The lowest BCUT2D eigenvalue weighted by Gasteiger charge is -2.11. The number of methoxy groups -OCH3 is 1. The molecular formula is C14H19NO4. The van der Waals surface area contributed by atoms with Gasteiger partial charge >= 0.3 is 5.97 Å². The maximum atomic E-state index is 11.9. The predicted octanol–water partition coefficient (Wildman–Crippen LogP) is 1.67. The summed E-state index contributed by atoms with van der Waals surface area (Å²) in [4.78, 5) is 22.8. The lowest BCUT2D eigenvalue weighted by atomic mass is 10.1. The molecule has 1 rings (SSSR count). The summed E-state index contributed by atoms with van der Waals surface area (Å²) in [5.41, 5.74) is 1.41. The van der Waals surface area contributed by atoms with Crippen LogP contribution in [0.15, 0.2) is 24.3 Å². The average molecular weight is 265 g/mol. The highest BCUT2D eigenvalue weighted by molar-refractivity contribution is 5.94. The van der Waals surface area contributed by atoms with Crippen molar-refractivity contribution in [1.29, 1.82) is 0 Å². The lowest BCUT2D eigenvalue weighted by Crippen LogP contribution is -2.32. The highest BCUT2D eigenvalue weighted by Gasteiger charge is 2.16.